The average molecular weight is 278 g/mol. The van der Waals surface area contributed by atoms with Crippen LogP contribution < -0.4 is 5.32 Å². The highest BCUT2D eigenvalue weighted by molar-refractivity contribution is 6.00. The first-order valence-electron chi connectivity index (χ1n) is 6.83. The van der Waals surface area contributed by atoms with Crippen LogP contribution in [0.2, 0.25) is 0 Å². The highest BCUT2D eigenvalue weighted by Crippen LogP contribution is 2.17. The van der Waals surface area contributed by atoms with Gasteiger partial charge in [0.05, 0.1) is 12.7 Å². The van der Waals surface area contributed by atoms with Crippen LogP contribution in [0.4, 0.5) is 5.69 Å². The lowest BCUT2D eigenvalue weighted by molar-refractivity contribution is -0.141. The standard InChI is InChI=1S/C15H22N2O3/c1-4-10-16-13-9-7-6-8-12(13)15(19)17(5-2)11-14(18)20-3/h6-9,16H,4-5,10-11H2,1-3H3. The van der Waals surface area contributed by atoms with Gasteiger partial charge < -0.3 is 15.0 Å². The molecule has 0 bridgehead atoms. The molecule has 20 heavy (non-hydrogen) atoms. The Kier molecular flexibility index (Phi) is 6.56. The largest absolute Gasteiger partial charge is 0.468 e. The molecule has 1 rings (SSSR count). The van der Waals surface area contributed by atoms with Gasteiger partial charge in [-0.05, 0) is 25.5 Å². The van der Waals surface area contributed by atoms with Gasteiger partial charge in [0.15, 0.2) is 0 Å². The van der Waals surface area contributed by atoms with Crippen molar-refractivity contribution in [3.05, 3.63) is 29.8 Å². The first-order valence-corrected chi connectivity index (χ1v) is 6.83. The van der Waals surface area contributed by atoms with E-state index < -0.39 is 5.97 Å². The highest BCUT2D eigenvalue weighted by atomic mass is 16.5. The number of amides is 1. The first kappa shape index (κ1) is 16.0. The van der Waals surface area contributed by atoms with Crippen molar-refractivity contribution in [1.82, 2.24) is 4.90 Å². The quantitative estimate of drug-likeness (QED) is 0.776. The number of hydrogen-bond acceptors (Lipinski definition) is 4. The fourth-order valence-electron chi connectivity index (χ4n) is 1.80. The van der Waals surface area contributed by atoms with Crippen LogP contribution in [0.15, 0.2) is 24.3 Å². The number of ether oxygens (including phenoxy) is 1. The minimum absolute atomic E-state index is 0.0338. The summed E-state index contributed by atoms with van der Waals surface area (Å²) < 4.78 is 4.62. The van der Waals surface area contributed by atoms with Crippen LogP contribution in [0.5, 0.6) is 0 Å². The number of para-hydroxylation sites is 1. The monoisotopic (exact) mass is 278 g/mol. The summed E-state index contributed by atoms with van der Waals surface area (Å²) in [5.74, 6) is -0.587. The summed E-state index contributed by atoms with van der Waals surface area (Å²) in [6, 6.07) is 7.33. The molecule has 0 unspecified atom stereocenters. The lowest BCUT2D eigenvalue weighted by atomic mass is 10.1. The predicted molar refractivity (Wildman–Crippen MR) is 78.8 cm³/mol. The van der Waals surface area contributed by atoms with Gasteiger partial charge in [0.2, 0.25) is 0 Å². The molecule has 5 nitrogen and oxygen atoms in total. The molecule has 1 N–H and O–H groups in total. The topological polar surface area (TPSA) is 58.6 Å². The molecule has 0 heterocycles. The fraction of sp³-hybridized carbons (Fsp3) is 0.467. The van der Waals surface area contributed by atoms with Gasteiger partial charge in [-0.15, -0.1) is 0 Å². The number of likely N-dealkylation sites (N-methyl/N-ethyl adjacent to an activating group) is 1. The molecule has 0 atom stereocenters. The maximum Gasteiger partial charge on any atom is 0.325 e. The summed E-state index contributed by atoms with van der Waals surface area (Å²) in [5.41, 5.74) is 1.37. The average Bonchev–Trinajstić information content (AvgIpc) is 2.49. The van der Waals surface area contributed by atoms with Crippen molar-refractivity contribution in [3.63, 3.8) is 0 Å². The number of benzene rings is 1. The Labute approximate surface area is 119 Å². The van der Waals surface area contributed by atoms with Crippen LogP contribution in [-0.2, 0) is 9.53 Å². The molecule has 0 fully saturated rings. The zero-order chi connectivity index (χ0) is 15.0. The van der Waals surface area contributed by atoms with E-state index in [0.717, 1.165) is 18.7 Å². The number of nitrogens with one attached hydrogen (secondary N) is 1. The van der Waals surface area contributed by atoms with Crippen molar-refractivity contribution < 1.29 is 14.3 Å². The van der Waals surface area contributed by atoms with Crippen LogP contribution in [0.3, 0.4) is 0 Å². The summed E-state index contributed by atoms with van der Waals surface area (Å²) in [6.07, 6.45) is 0.974. The Hall–Kier alpha value is -2.04. The number of carbonyl (C=O) groups is 2. The summed E-state index contributed by atoms with van der Waals surface area (Å²) >= 11 is 0. The van der Waals surface area contributed by atoms with Gasteiger partial charge in [-0.1, -0.05) is 19.1 Å². The number of rotatable bonds is 7. The molecule has 0 radical (unpaired) electrons. The molecule has 0 aliphatic heterocycles. The normalized spacial score (nSPS) is 9.95. The van der Waals surface area contributed by atoms with Crippen LogP contribution in [0.1, 0.15) is 30.6 Å². The van der Waals surface area contributed by atoms with Gasteiger partial charge in [0.25, 0.3) is 5.91 Å². The molecule has 1 amide bonds. The van der Waals surface area contributed by atoms with E-state index in [-0.39, 0.29) is 12.5 Å². The van der Waals surface area contributed by atoms with Crippen molar-refractivity contribution >= 4 is 17.6 Å². The second kappa shape index (κ2) is 8.19. The van der Waals surface area contributed by atoms with E-state index in [4.69, 9.17) is 0 Å². The molecular formula is C15H22N2O3. The number of nitrogens with zero attached hydrogens (tertiary/aromatic N) is 1. The molecule has 110 valence electrons. The summed E-state index contributed by atoms with van der Waals surface area (Å²) in [7, 11) is 1.32. The molecule has 1 aromatic rings. The van der Waals surface area contributed by atoms with Gasteiger partial charge in [-0.2, -0.15) is 0 Å². The van der Waals surface area contributed by atoms with E-state index in [1.165, 1.54) is 12.0 Å². The highest BCUT2D eigenvalue weighted by Gasteiger charge is 2.19. The number of esters is 1. The number of carbonyl (C=O) groups excluding carboxylic acids is 2. The Morgan fingerprint density at radius 3 is 2.55 bits per heavy atom. The Balaban J connectivity index is 2.91. The van der Waals surface area contributed by atoms with Crippen molar-refractivity contribution in [1.29, 1.82) is 0 Å². The maximum absolute atomic E-state index is 12.5. The first-order chi connectivity index (χ1) is 9.63. The van der Waals surface area contributed by atoms with Crippen LogP contribution >= 0.6 is 0 Å². The van der Waals surface area contributed by atoms with Crippen LogP contribution in [0.25, 0.3) is 0 Å². The number of hydrogen-bond donors (Lipinski definition) is 1. The van der Waals surface area contributed by atoms with Crippen LogP contribution in [0, 0.1) is 0 Å². The molecule has 1 aromatic carbocycles. The van der Waals surface area contributed by atoms with Gasteiger partial charge in [-0.25, -0.2) is 0 Å². The van der Waals surface area contributed by atoms with Crippen LogP contribution in [-0.4, -0.2) is 43.5 Å². The minimum Gasteiger partial charge on any atom is -0.468 e. The summed E-state index contributed by atoms with van der Waals surface area (Å²) in [5, 5.41) is 3.23. The van der Waals surface area contributed by atoms with Crippen molar-refractivity contribution in [2.75, 3.05) is 32.1 Å². The van der Waals surface area contributed by atoms with E-state index in [0.29, 0.717) is 12.1 Å². The molecular weight excluding hydrogens is 256 g/mol. The molecule has 0 saturated carbocycles. The zero-order valence-electron chi connectivity index (χ0n) is 12.3. The lowest BCUT2D eigenvalue weighted by Gasteiger charge is -2.21. The smallest absolute Gasteiger partial charge is 0.325 e. The molecule has 0 aliphatic carbocycles. The van der Waals surface area contributed by atoms with E-state index in [1.54, 1.807) is 6.07 Å². The minimum atomic E-state index is -0.417. The van der Waals surface area contributed by atoms with Crippen molar-refractivity contribution in [2.45, 2.75) is 20.3 Å². The molecule has 0 saturated heterocycles. The van der Waals surface area contributed by atoms with E-state index >= 15 is 0 Å². The Morgan fingerprint density at radius 1 is 1.25 bits per heavy atom. The SMILES string of the molecule is CCCNc1ccccc1C(=O)N(CC)CC(=O)OC. The fourth-order valence-corrected chi connectivity index (χ4v) is 1.80. The second-order valence-corrected chi connectivity index (χ2v) is 4.37. The van der Waals surface area contributed by atoms with E-state index in [1.807, 2.05) is 25.1 Å². The third kappa shape index (κ3) is 4.26. The number of anilines is 1. The van der Waals surface area contributed by atoms with Gasteiger partial charge in [-0.3, -0.25) is 9.59 Å². The van der Waals surface area contributed by atoms with Crippen molar-refractivity contribution in [2.24, 2.45) is 0 Å². The third-order valence-electron chi connectivity index (χ3n) is 2.94. The van der Waals surface area contributed by atoms with E-state index in [9.17, 15) is 9.59 Å². The van der Waals surface area contributed by atoms with Crippen molar-refractivity contribution in [3.8, 4) is 0 Å². The molecule has 5 heteroatoms. The second-order valence-electron chi connectivity index (χ2n) is 4.37. The van der Waals surface area contributed by atoms with Gasteiger partial charge >= 0.3 is 5.97 Å². The zero-order valence-corrected chi connectivity index (χ0v) is 12.3. The van der Waals surface area contributed by atoms with Gasteiger partial charge in [0, 0.05) is 18.8 Å². The maximum atomic E-state index is 12.5. The Bertz CT molecular complexity index is 460. The van der Waals surface area contributed by atoms with E-state index in [2.05, 4.69) is 17.0 Å². The molecule has 0 aromatic heterocycles. The third-order valence-corrected chi connectivity index (χ3v) is 2.94. The number of methoxy groups -OCH3 is 1. The Morgan fingerprint density at radius 2 is 1.95 bits per heavy atom. The summed E-state index contributed by atoms with van der Waals surface area (Å²) in [4.78, 5) is 25.3. The van der Waals surface area contributed by atoms with Gasteiger partial charge in [0.1, 0.15) is 6.54 Å². The predicted octanol–water partition coefficient (Wildman–Crippen LogP) is 2.14. The summed E-state index contributed by atoms with van der Waals surface area (Å²) in [6.45, 7) is 5.12. The lowest BCUT2D eigenvalue weighted by Crippen LogP contribution is -2.36. The molecule has 0 spiro atoms. The molecule has 0 aliphatic rings.